The molecule has 1 N–H and O–H groups in total. The van der Waals surface area contributed by atoms with Crippen molar-refractivity contribution in [1.29, 1.82) is 0 Å². The zero-order valence-electron chi connectivity index (χ0n) is 10.1. The maximum Gasteiger partial charge on any atom is 0.135 e. The summed E-state index contributed by atoms with van der Waals surface area (Å²) >= 11 is 0. The Labute approximate surface area is 102 Å². The van der Waals surface area contributed by atoms with E-state index in [1.54, 1.807) is 13.1 Å². The molecule has 1 aliphatic rings. The number of anilines is 1. The monoisotopic (exact) mass is 230 g/mol. The molecule has 2 rings (SSSR count). The van der Waals surface area contributed by atoms with Crippen LogP contribution in [-0.2, 0) is 0 Å². The molecule has 1 aromatic heterocycles. The van der Waals surface area contributed by atoms with Crippen molar-refractivity contribution in [2.24, 2.45) is 5.92 Å². The number of rotatable bonds is 5. The number of aliphatic hydroxyl groups excluding tert-OH is 1. The van der Waals surface area contributed by atoms with E-state index in [4.69, 9.17) is 6.42 Å². The van der Waals surface area contributed by atoms with Gasteiger partial charge in [0.1, 0.15) is 5.82 Å². The highest BCUT2D eigenvalue weighted by Gasteiger charge is 2.26. The summed E-state index contributed by atoms with van der Waals surface area (Å²) in [6, 6.07) is 3.75. The lowest BCUT2D eigenvalue weighted by atomic mass is 10.1. The van der Waals surface area contributed by atoms with Crippen LogP contribution in [-0.4, -0.2) is 23.2 Å². The Balaban J connectivity index is 2.24. The van der Waals surface area contributed by atoms with Crippen molar-refractivity contribution in [2.75, 3.05) is 18.0 Å². The van der Waals surface area contributed by atoms with Crippen molar-refractivity contribution in [3.8, 4) is 12.3 Å². The first-order valence-electron chi connectivity index (χ1n) is 6.03. The minimum atomic E-state index is -0.516. The van der Waals surface area contributed by atoms with Crippen LogP contribution in [0.4, 0.5) is 5.82 Å². The summed E-state index contributed by atoms with van der Waals surface area (Å²) in [6.07, 6.45) is 9.19. The van der Waals surface area contributed by atoms with Crippen molar-refractivity contribution < 1.29 is 5.11 Å². The Kier molecular flexibility index (Phi) is 3.65. The SMILES string of the molecule is C#CCN(CC1CC1)c1ncccc1[C@@H](C)O. The fraction of sp³-hybridized carbons (Fsp3) is 0.500. The molecular weight excluding hydrogens is 212 g/mol. The Morgan fingerprint density at radius 2 is 2.41 bits per heavy atom. The highest BCUT2D eigenvalue weighted by molar-refractivity contribution is 5.49. The van der Waals surface area contributed by atoms with Crippen molar-refractivity contribution in [2.45, 2.75) is 25.9 Å². The maximum absolute atomic E-state index is 9.75. The predicted molar refractivity (Wildman–Crippen MR) is 68.6 cm³/mol. The van der Waals surface area contributed by atoms with Gasteiger partial charge >= 0.3 is 0 Å². The third kappa shape index (κ3) is 2.98. The summed E-state index contributed by atoms with van der Waals surface area (Å²) in [7, 11) is 0. The fourth-order valence-corrected chi connectivity index (χ4v) is 1.95. The number of hydrogen-bond acceptors (Lipinski definition) is 3. The van der Waals surface area contributed by atoms with Crippen LogP contribution in [0.2, 0.25) is 0 Å². The van der Waals surface area contributed by atoms with Crippen LogP contribution in [0.25, 0.3) is 0 Å². The summed E-state index contributed by atoms with van der Waals surface area (Å²) in [4.78, 5) is 6.47. The molecule has 90 valence electrons. The van der Waals surface area contributed by atoms with Gasteiger partial charge in [0.25, 0.3) is 0 Å². The van der Waals surface area contributed by atoms with Gasteiger partial charge in [-0.1, -0.05) is 12.0 Å². The minimum Gasteiger partial charge on any atom is -0.389 e. The molecule has 1 aromatic rings. The molecule has 0 saturated heterocycles. The zero-order valence-corrected chi connectivity index (χ0v) is 10.1. The van der Waals surface area contributed by atoms with E-state index < -0.39 is 6.10 Å². The number of aliphatic hydroxyl groups is 1. The van der Waals surface area contributed by atoms with Crippen LogP contribution in [0.1, 0.15) is 31.4 Å². The third-order valence-corrected chi connectivity index (χ3v) is 3.02. The lowest BCUT2D eigenvalue weighted by Crippen LogP contribution is -2.28. The molecule has 17 heavy (non-hydrogen) atoms. The summed E-state index contributed by atoms with van der Waals surface area (Å²) in [5.41, 5.74) is 0.850. The molecule has 0 aliphatic heterocycles. The van der Waals surface area contributed by atoms with Gasteiger partial charge in [0.05, 0.1) is 12.6 Å². The quantitative estimate of drug-likeness (QED) is 0.786. The molecule has 0 amide bonds. The molecule has 3 heteroatoms. The second kappa shape index (κ2) is 5.20. The average Bonchev–Trinajstić information content (AvgIpc) is 3.12. The van der Waals surface area contributed by atoms with E-state index in [0.29, 0.717) is 6.54 Å². The molecule has 1 fully saturated rings. The zero-order chi connectivity index (χ0) is 12.3. The molecule has 3 nitrogen and oxygen atoms in total. The van der Waals surface area contributed by atoms with Crippen LogP contribution in [0.3, 0.4) is 0 Å². The lowest BCUT2D eigenvalue weighted by molar-refractivity contribution is 0.199. The molecule has 1 saturated carbocycles. The summed E-state index contributed by atoms with van der Waals surface area (Å²) in [5, 5.41) is 9.75. The van der Waals surface area contributed by atoms with Crippen molar-refractivity contribution in [3.05, 3.63) is 23.9 Å². The second-order valence-electron chi connectivity index (χ2n) is 4.62. The highest BCUT2D eigenvalue weighted by Crippen LogP contribution is 2.32. The summed E-state index contributed by atoms with van der Waals surface area (Å²) < 4.78 is 0. The van der Waals surface area contributed by atoms with Crippen LogP contribution >= 0.6 is 0 Å². The Hall–Kier alpha value is -1.53. The van der Waals surface area contributed by atoms with Gasteiger partial charge in [0.2, 0.25) is 0 Å². The van der Waals surface area contributed by atoms with Crippen molar-refractivity contribution in [1.82, 2.24) is 4.98 Å². The highest BCUT2D eigenvalue weighted by atomic mass is 16.3. The van der Waals surface area contributed by atoms with E-state index in [-0.39, 0.29) is 0 Å². The normalized spacial score (nSPS) is 16.3. The van der Waals surface area contributed by atoms with Crippen molar-refractivity contribution >= 4 is 5.82 Å². The van der Waals surface area contributed by atoms with Crippen LogP contribution < -0.4 is 4.90 Å². The molecule has 1 heterocycles. The third-order valence-electron chi connectivity index (χ3n) is 3.02. The number of hydrogen-bond donors (Lipinski definition) is 1. The minimum absolute atomic E-state index is 0.516. The molecule has 1 atom stereocenters. The maximum atomic E-state index is 9.75. The number of terminal acetylenes is 1. The Morgan fingerprint density at radius 1 is 1.65 bits per heavy atom. The van der Waals surface area contributed by atoms with E-state index in [9.17, 15) is 5.11 Å². The summed E-state index contributed by atoms with van der Waals surface area (Å²) in [5.74, 6) is 4.24. The van der Waals surface area contributed by atoms with Crippen LogP contribution in [0.15, 0.2) is 18.3 Å². The smallest absolute Gasteiger partial charge is 0.135 e. The molecule has 0 bridgehead atoms. The van der Waals surface area contributed by atoms with E-state index in [1.807, 2.05) is 12.1 Å². The van der Waals surface area contributed by atoms with Gasteiger partial charge in [0.15, 0.2) is 0 Å². The molecule has 0 spiro atoms. The van der Waals surface area contributed by atoms with E-state index in [0.717, 1.165) is 23.8 Å². The first-order valence-corrected chi connectivity index (χ1v) is 6.03. The molecule has 0 unspecified atom stereocenters. The number of nitrogens with zero attached hydrogens (tertiary/aromatic N) is 2. The van der Waals surface area contributed by atoms with Gasteiger partial charge in [0, 0.05) is 18.3 Å². The summed E-state index contributed by atoms with van der Waals surface area (Å²) in [6.45, 7) is 3.25. The second-order valence-corrected chi connectivity index (χ2v) is 4.62. The number of pyridine rings is 1. The van der Waals surface area contributed by atoms with Crippen LogP contribution in [0.5, 0.6) is 0 Å². The first kappa shape index (κ1) is 11.9. The largest absolute Gasteiger partial charge is 0.389 e. The van der Waals surface area contributed by atoms with E-state index in [2.05, 4.69) is 15.8 Å². The predicted octanol–water partition coefficient (Wildman–Crippen LogP) is 1.98. The molecule has 1 aliphatic carbocycles. The lowest BCUT2D eigenvalue weighted by Gasteiger charge is -2.24. The topological polar surface area (TPSA) is 36.4 Å². The first-order chi connectivity index (χ1) is 8.22. The van der Waals surface area contributed by atoms with Crippen molar-refractivity contribution in [3.63, 3.8) is 0 Å². The fourth-order valence-electron chi connectivity index (χ4n) is 1.95. The van der Waals surface area contributed by atoms with Gasteiger partial charge < -0.3 is 10.0 Å². The molecular formula is C14H18N2O. The standard InChI is InChI=1S/C14H18N2O/c1-3-9-16(10-12-6-7-12)14-13(11(2)17)5-4-8-15-14/h1,4-5,8,11-12,17H,6-7,9-10H2,2H3/t11-/m1/s1. The average molecular weight is 230 g/mol. The van der Waals surface area contributed by atoms with Crippen LogP contribution in [0, 0.1) is 18.3 Å². The van der Waals surface area contributed by atoms with Gasteiger partial charge in [-0.25, -0.2) is 4.98 Å². The van der Waals surface area contributed by atoms with Gasteiger partial charge in [-0.2, -0.15) is 0 Å². The molecule has 0 radical (unpaired) electrons. The Morgan fingerprint density at radius 3 is 3.00 bits per heavy atom. The van der Waals surface area contributed by atoms with Gasteiger partial charge in [-0.05, 0) is 31.7 Å². The van der Waals surface area contributed by atoms with Gasteiger partial charge in [-0.3, -0.25) is 0 Å². The molecule has 0 aromatic carbocycles. The van der Waals surface area contributed by atoms with Gasteiger partial charge in [-0.15, -0.1) is 6.42 Å². The van der Waals surface area contributed by atoms with E-state index >= 15 is 0 Å². The Bertz CT molecular complexity index is 418. The van der Waals surface area contributed by atoms with E-state index in [1.165, 1.54) is 12.8 Å². The number of aromatic nitrogens is 1.